The van der Waals surface area contributed by atoms with Crippen molar-refractivity contribution in [3.8, 4) is 16.9 Å². The molecule has 4 rings (SSSR count). The molecule has 0 radical (unpaired) electrons. The van der Waals surface area contributed by atoms with Gasteiger partial charge in [-0.3, -0.25) is 9.69 Å². The fourth-order valence-corrected chi connectivity index (χ4v) is 4.15. The second kappa shape index (κ2) is 8.46. The number of rotatable bonds is 6. The molecular weight excluding hydrogens is 405 g/mol. The van der Waals surface area contributed by atoms with E-state index in [-0.39, 0.29) is 17.7 Å². The van der Waals surface area contributed by atoms with Crippen LogP contribution in [0.1, 0.15) is 30.0 Å². The molecule has 0 aromatic heterocycles. The summed E-state index contributed by atoms with van der Waals surface area (Å²) < 4.78 is 19.9. The number of hydrogen-bond acceptors (Lipinski definition) is 4. The lowest BCUT2D eigenvalue weighted by Gasteiger charge is -2.27. The molecule has 0 saturated heterocycles. The highest BCUT2D eigenvalue weighted by Gasteiger charge is 2.49. The van der Waals surface area contributed by atoms with E-state index in [1.165, 1.54) is 23.6 Å². The summed E-state index contributed by atoms with van der Waals surface area (Å²) in [5.74, 6) is 0.0675. The second-order valence-corrected chi connectivity index (χ2v) is 7.92. The van der Waals surface area contributed by atoms with Gasteiger partial charge in [-0.2, -0.15) is 0 Å². The minimum Gasteiger partial charge on any atom is -0.497 e. The molecular formula is C26H26FN3O2. The first-order valence-electron chi connectivity index (χ1n) is 10.6. The van der Waals surface area contributed by atoms with Gasteiger partial charge in [0.25, 0.3) is 5.91 Å². The van der Waals surface area contributed by atoms with Gasteiger partial charge in [0.05, 0.1) is 7.11 Å². The number of aliphatic imine (C=N–C) groups is 1. The first kappa shape index (κ1) is 21.6. The third-order valence-electron chi connectivity index (χ3n) is 5.92. The van der Waals surface area contributed by atoms with Gasteiger partial charge in [0, 0.05) is 12.6 Å². The van der Waals surface area contributed by atoms with Crippen molar-refractivity contribution in [3.05, 3.63) is 89.2 Å². The number of carbonyl (C=O) groups is 1. The van der Waals surface area contributed by atoms with Gasteiger partial charge in [-0.1, -0.05) is 55.8 Å². The number of benzene rings is 3. The molecule has 164 valence electrons. The van der Waals surface area contributed by atoms with Gasteiger partial charge in [-0.05, 0) is 52.9 Å². The van der Waals surface area contributed by atoms with Crippen molar-refractivity contribution in [1.82, 2.24) is 4.90 Å². The number of halogens is 1. The highest BCUT2D eigenvalue weighted by molar-refractivity contribution is 6.09. The molecule has 0 bridgehead atoms. The van der Waals surface area contributed by atoms with Crippen LogP contribution in [-0.2, 0) is 16.8 Å². The summed E-state index contributed by atoms with van der Waals surface area (Å²) in [6.07, 6.45) is 1.99. The quantitative estimate of drug-likeness (QED) is 0.626. The van der Waals surface area contributed by atoms with E-state index < -0.39 is 5.54 Å². The van der Waals surface area contributed by atoms with Crippen molar-refractivity contribution >= 4 is 11.9 Å². The number of nitrogens with zero attached hydrogens (tertiary/aromatic N) is 2. The number of methoxy groups -OCH3 is 1. The Kier molecular flexibility index (Phi) is 5.70. The molecule has 3 aromatic rings. The molecule has 32 heavy (non-hydrogen) atoms. The van der Waals surface area contributed by atoms with E-state index >= 15 is 0 Å². The number of amides is 1. The zero-order valence-corrected chi connectivity index (χ0v) is 18.4. The predicted molar refractivity (Wildman–Crippen MR) is 124 cm³/mol. The zero-order valence-electron chi connectivity index (χ0n) is 18.4. The van der Waals surface area contributed by atoms with Gasteiger partial charge < -0.3 is 10.5 Å². The Morgan fingerprint density at radius 2 is 1.81 bits per heavy atom. The average Bonchev–Trinajstić information content (AvgIpc) is 3.05. The first-order chi connectivity index (χ1) is 15.4. The minimum absolute atomic E-state index is 0.144. The van der Waals surface area contributed by atoms with Gasteiger partial charge in [0.15, 0.2) is 11.5 Å². The molecule has 3 aromatic carbocycles. The van der Waals surface area contributed by atoms with E-state index in [0.717, 1.165) is 18.4 Å². The Morgan fingerprint density at radius 3 is 2.44 bits per heavy atom. The molecule has 1 atom stereocenters. The smallest absolute Gasteiger partial charge is 0.266 e. The maximum atomic E-state index is 14.7. The lowest BCUT2D eigenvalue weighted by Crippen LogP contribution is -2.41. The fraction of sp³-hybridized carbons (Fsp3) is 0.231. The molecule has 2 N–H and O–H groups in total. The number of aryl methyl sites for hydroxylation is 1. The Morgan fingerprint density at radius 1 is 1.06 bits per heavy atom. The maximum Gasteiger partial charge on any atom is 0.266 e. The Hall–Kier alpha value is -3.67. The van der Waals surface area contributed by atoms with Gasteiger partial charge >= 0.3 is 0 Å². The number of hydrogen-bond donors (Lipinski definition) is 1. The van der Waals surface area contributed by atoms with E-state index in [1.54, 1.807) is 37.4 Å². The maximum absolute atomic E-state index is 14.7. The molecule has 1 aliphatic rings. The zero-order chi connectivity index (χ0) is 22.9. The molecule has 1 amide bonds. The van der Waals surface area contributed by atoms with Crippen molar-refractivity contribution in [2.75, 3.05) is 14.2 Å². The van der Waals surface area contributed by atoms with Gasteiger partial charge in [0.2, 0.25) is 0 Å². The Balaban J connectivity index is 1.89. The van der Waals surface area contributed by atoms with Crippen molar-refractivity contribution in [3.63, 3.8) is 0 Å². The summed E-state index contributed by atoms with van der Waals surface area (Å²) in [5, 5.41) is 0. The normalized spacial score (nSPS) is 18.1. The van der Waals surface area contributed by atoms with Gasteiger partial charge in [0.1, 0.15) is 11.6 Å². The van der Waals surface area contributed by atoms with E-state index in [1.807, 2.05) is 30.3 Å². The minimum atomic E-state index is -1.32. The third-order valence-corrected chi connectivity index (χ3v) is 5.92. The van der Waals surface area contributed by atoms with Crippen molar-refractivity contribution < 1.29 is 13.9 Å². The van der Waals surface area contributed by atoms with E-state index in [2.05, 4.69) is 11.9 Å². The lowest BCUT2D eigenvalue weighted by atomic mass is 9.81. The van der Waals surface area contributed by atoms with Crippen LogP contribution in [0.15, 0.2) is 71.7 Å². The highest BCUT2D eigenvalue weighted by Crippen LogP contribution is 2.41. The number of guanidine groups is 1. The Bertz CT molecular complexity index is 1190. The Labute approximate surface area is 187 Å². The van der Waals surface area contributed by atoms with Crippen molar-refractivity contribution in [2.24, 2.45) is 10.7 Å². The largest absolute Gasteiger partial charge is 0.497 e. The summed E-state index contributed by atoms with van der Waals surface area (Å²) in [7, 11) is 3.15. The summed E-state index contributed by atoms with van der Waals surface area (Å²) >= 11 is 0. The third kappa shape index (κ3) is 3.51. The topological polar surface area (TPSA) is 67.9 Å². The van der Waals surface area contributed by atoms with Crippen LogP contribution in [-0.4, -0.2) is 30.9 Å². The fourth-order valence-electron chi connectivity index (χ4n) is 4.15. The molecule has 1 heterocycles. The number of carbonyl (C=O) groups excluding carboxylic acids is 1. The standard InChI is InChI=1S/C26H26FN3O2/c1-4-6-17-9-11-19(12-10-17)26(24(31)30(2)25(28)29-26)20-8-5-7-18(15-20)22-16-21(32-3)13-14-23(22)27/h5,7-16H,4,6H2,1-3H3,(H2,28,29). The SMILES string of the molecule is CCCc1ccc(C2(c3cccc(-c4cc(OC)ccc4F)c3)N=C(N)N(C)C2=O)cc1. The van der Waals surface area contributed by atoms with Crippen LogP contribution in [0.2, 0.25) is 0 Å². The monoisotopic (exact) mass is 431 g/mol. The van der Waals surface area contributed by atoms with E-state index in [9.17, 15) is 9.18 Å². The summed E-state index contributed by atoms with van der Waals surface area (Å²) in [5.41, 5.74) is 8.30. The van der Waals surface area contributed by atoms with Gasteiger partial charge in [-0.25, -0.2) is 9.38 Å². The molecule has 1 unspecified atom stereocenters. The van der Waals surface area contributed by atoms with Crippen LogP contribution >= 0.6 is 0 Å². The second-order valence-electron chi connectivity index (χ2n) is 7.92. The number of nitrogens with two attached hydrogens (primary N) is 1. The molecule has 0 saturated carbocycles. The summed E-state index contributed by atoms with van der Waals surface area (Å²) in [6, 6.07) is 19.7. The highest BCUT2D eigenvalue weighted by atomic mass is 19.1. The molecule has 0 spiro atoms. The summed E-state index contributed by atoms with van der Waals surface area (Å²) in [4.78, 5) is 19.5. The van der Waals surface area contributed by atoms with Crippen LogP contribution < -0.4 is 10.5 Å². The van der Waals surface area contributed by atoms with Crippen LogP contribution in [0.4, 0.5) is 4.39 Å². The average molecular weight is 432 g/mol. The lowest BCUT2D eigenvalue weighted by molar-refractivity contribution is -0.129. The number of ether oxygens (including phenoxy) is 1. The van der Waals surface area contributed by atoms with Crippen LogP contribution in [0.3, 0.4) is 0 Å². The predicted octanol–water partition coefficient (Wildman–Crippen LogP) is 4.48. The van der Waals surface area contributed by atoms with Crippen LogP contribution in [0.25, 0.3) is 11.1 Å². The molecule has 0 aliphatic carbocycles. The first-order valence-corrected chi connectivity index (χ1v) is 10.6. The van der Waals surface area contributed by atoms with Crippen LogP contribution in [0, 0.1) is 5.82 Å². The molecule has 1 aliphatic heterocycles. The van der Waals surface area contributed by atoms with Crippen LogP contribution in [0.5, 0.6) is 5.75 Å². The molecule has 6 heteroatoms. The van der Waals surface area contributed by atoms with Crippen molar-refractivity contribution in [2.45, 2.75) is 25.3 Å². The van der Waals surface area contributed by atoms with Crippen molar-refractivity contribution in [1.29, 1.82) is 0 Å². The molecule has 0 fully saturated rings. The number of likely N-dealkylation sites (N-methyl/N-ethyl adjacent to an activating group) is 1. The van der Waals surface area contributed by atoms with E-state index in [4.69, 9.17) is 10.5 Å². The summed E-state index contributed by atoms with van der Waals surface area (Å²) in [6.45, 7) is 2.12. The van der Waals surface area contributed by atoms with Gasteiger partial charge in [-0.15, -0.1) is 0 Å². The van der Waals surface area contributed by atoms with E-state index in [0.29, 0.717) is 22.4 Å². The molecule has 5 nitrogen and oxygen atoms in total.